The van der Waals surface area contributed by atoms with Gasteiger partial charge in [-0.2, -0.15) is 0 Å². The number of hydrogen-bond acceptors (Lipinski definition) is 6. The molecule has 0 aromatic carbocycles. The second kappa shape index (κ2) is 6.14. The molecule has 7 nitrogen and oxygen atoms in total. The topological polar surface area (TPSA) is 87.6 Å². The van der Waals surface area contributed by atoms with E-state index in [2.05, 4.69) is 28.8 Å². The van der Waals surface area contributed by atoms with Gasteiger partial charge in [0.1, 0.15) is 0 Å². The lowest BCUT2D eigenvalue weighted by Gasteiger charge is -2.36. The number of nitrogens with zero attached hydrogens (tertiary/aromatic N) is 3. The minimum absolute atomic E-state index is 0.221. The van der Waals surface area contributed by atoms with Crippen molar-refractivity contribution >= 4 is 5.91 Å². The molecule has 1 saturated heterocycles. The molecule has 0 spiro atoms. The summed E-state index contributed by atoms with van der Waals surface area (Å²) in [6.45, 7) is 9.21. The molecule has 19 heavy (non-hydrogen) atoms. The van der Waals surface area contributed by atoms with Crippen LogP contribution < -0.4 is 11.3 Å². The van der Waals surface area contributed by atoms with Crippen LogP contribution >= 0.6 is 0 Å². The number of carbonyl (C=O) groups is 1. The lowest BCUT2D eigenvalue weighted by molar-refractivity contribution is 0.0941. The third kappa shape index (κ3) is 3.52. The third-order valence-electron chi connectivity index (χ3n) is 3.44. The average Bonchev–Trinajstić information content (AvgIpc) is 2.87. The zero-order chi connectivity index (χ0) is 13.8. The number of nitrogen functional groups attached to an aromatic ring is 1. The predicted octanol–water partition coefficient (Wildman–Crippen LogP) is -0.196. The van der Waals surface area contributed by atoms with Crippen LogP contribution in [-0.4, -0.2) is 53.1 Å². The zero-order valence-electron chi connectivity index (χ0n) is 11.4. The van der Waals surface area contributed by atoms with Gasteiger partial charge in [0.2, 0.25) is 0 Å². The quantitative estimate of drug-likeness (QED) is 0.446. The van der Waals surface area contributed by atoms with E-state index in [1.54, 1.807) is 6.07 Å². The maximum Gasteiger partial charge on any atom is 0.287 e. The van der Waals surface area contributed by atoms with Crippen LogP contribution in [0.3, 0.4) is 0 Å². The molecule has 0 unspecified atom stereocenters. The number of carbonyl (C=O) groups excluding carboxylic acids is 1. The molecule has 0 atom stereocenters. The van der Waals surface area contributed by atoms with Crippen LogP contribution in [0.1, 0.15) is 30.1 Å². The van der Waals surface area contributed by atoms with E-state index in [0.717, 1.165) is 26.2 Å². The Labute approximate surface area is 112 Å². The SMILES string of the molecule is CC(C)N1CCN(Cc2cc(C(=O)NN)no2)CC1. The molecule has 106 valence electrons. The molecule has 1 aliphatic heterocycles. The Hall–Kier alpha value is -1.44. The van der Waals surface area contributed by atoms with Crippen molar-refractivity contribution in [2.24, 2.45) is 5.84 Å². The summed E-state index contributed by atoms with van der Waals surface area (Å²) < 4.78 is 5.14. The molecule has 1 amide bonds. The van der Waals surface area contributed by atoms with Crippen LogP contribution in [0.2, 0.25) is 0 Å². The molecule has 7 heteroatoms. The van der Waals surface area contributed by atoms with E-state index in [1.807, 2.05) is 5.43 Å². The standard InChI is InChI=1S/C12H21N5O2/c1-9(2)17-5-3-16(4-6-17)8-10-7-11(15-19-10)12(18)14-13/h7,9H,3-6,8,13H2,1-2H3,(H,14,18). The lowest BCUT2D eigenvalue weighted by atomic mass is 10.2. The largest absolute Gasteiger partial charge is 0.359 e. The van der Waals surface area contributed by atoms with Crippen molar-refractivity contribution in [2.75, 3.05) is 26.2 Å². The number of nitrogens with two attached hydrogens (primary N) is 1. The number of amides is 1. The first-order valence-corrected chi connectivity index (χ1v) is 6.53. The lowest BCUT2D eigenvalue weighted by Crippen LogP contribution is -2.48. The number of piperazine rings is 1. The summed E-state index contributed by atoms with van der Waals surface area (Å²) in [6.07, 6.45) is 0. The van der Waals surface area contributed by atoms with Gasteiger partial charge in [0.05, 0.1) is 6.54 Å². The summed E-state index contributed by atoms with van der Waals surface area (Å²) in [5, 5.41) is 3.69. The molecule has 1 aromatic heterocycles. The maximum atomic E-state index is 11.3. The predicted molar refractivity (Wildman–Crippen MR) is 70.1 cm³/mol. The van der Waals surface area contributed by atoms with Crippen molar-refractivity contribution in [1.82, 2.24) is 20.4 Å². The van der Waals surface area contributed by atoms with Crippen LogP contribution in [0.4, 0.5) is 0 Å². The Morgan fingerprint density at radius 2 is 2.16 bits per heavy atom. The van der Waals surface area contributed by atoms with Crippen molar-refractivity contribution in [2.45, 2.75) is 26.4 Å². The summed E-state index contributed by atoms with van der Waals surface area (Å²) in [5.74, 6) is 5.30. The van der Waals surface area contributed by atoms with Gasteiger partial charge in [-0.1, -0.05) is 5.16 Å². The van der Waals surface area contributed by atoms with Gasteiger partial charge in [0.15, 0.2) is 11.5 Å². The normalized spacial score (nSPS) is 17.9. The van der Waals surface area contributed by atoms with E-state index in [9.17, 15) is 4.79 Å². The van der Waals surface area contributed by atoms with Gasteiger partial charge in [0, 0.05) is 38.3 Å². The summed E-state index contributed by atoms with van der Waals surface area (Å²) >= 11 is 0. The highest BCUT2D eigenvalue weighted by Crippen LogP contribution is 2.11. The molecule has 2 rings (SSSR count). The van der Waals surface area contributed by atoms with Crippen LogP contribution in [-0.2, 0) is 6.54 Å². The van der Waals surface area contributed by atoms with Crippen molar-refractivity contribution in [3.8, 4) is 0 Å². The Morgan fingerprint density at radius 1 is 1.47 bits per heavy atom. The molecule has 0 aliphatic carbocycles. The number of rotatable bonds is 4. The molecule has 0 bridgehead atoms. The van der Waals surface area contributed by atoms with Crippen molar-refractivity contribution in [1.29, 1.82) is 0 Å². The van der Waals surface area contributed by atoms with Gasteiger partial charge < -0.3 is 4.52 Å². The minimum atomic E-state index is -0.431. The van der Waals surface area contributed by atoms with E-state index in [0.29, 0.717) is 18.3 Å². The van der Waals surface area contributed by atoms with Crippen molar-refractivity contribution in [3.05, 3.63) is 17.5 Å². The fourth-order valence-corrected chi connectivity index (χ4v) is 2.23. The van der Waals surface area contributed by atoms with Crippen LogP contribution in [0.25, 0.3) is 0 Å². The highest BCUT2D eigenvalue weighted by atomic mass is 16.5. The molecule has 1 fully saturated rings. The Morgan fingerprint density at radius 3 is 2.74 bits per heavy atom. The Bertz CT molecular complexity index is 424. The summed E-state index contributed by atoms with van der Waals surface area (Å²) in [5.41, 5.74) is 2.26. The van der Waals surface area contributed by atoms with Gasteiger partial charge in [0.25, 0.3) is 5.91 Å². The first-order chi connectivity index (χ1) is 9.10. The summed E-state index contributed by atoms with van der Waals surface area (Å²) in [6, 6.07) is 2.23. The molecule has 2 heterocycles. The van der Waals surface area contributed by atoms with Crippen LogP contribution in [0.15, 0.2) is 10.6 Å². The molecule has 1 aliphatic rings. The fraction of sp³-hybridized carbons (Fsp3) is 0.667. The molecule has 0 saturated carbocycles. The molecular weight excluding hydrogens is 246 g/mol. The second-order valence-corrected chi connectivity index (χ2v) is 5.06. The number of hydrogen-bond donors (Lipinski definition) is 2. The first kappa shape index (κ1) is 14.0. The van der Waals surface area contributed by atoms with Gasteiger partial charge >= 0.3 is 0 Å². The van der Waals surface area contributed by atoms with Gasteiger partial charge in [-0.05, 0) is 13.8 Å². The van der Waals surface area contributed by atoms with Gasteiger partial charge in [-0.15, -0.1) is 0 Å². The Balaban J connectivity index is 1.85. The van der Waals surface area contributed by atoms with Gasteiger partial charge in [-0.3, -0.25) is 20.0 Å². The Kier molecular flexibility index (Phi) is 4.52. The smallest absolute Gasteiger partial charge is 0.287 e. The highest BCUT2D eigenvalue weighted by molar-refractivity contribution is 5.91. The van der Waals surface area contributed by atoms with E-state index < -0.39 is 5.91 Å². The fourth-order valence-electron chi connectivity index (χ4n) is 2.23. The number of nitrogens with one attached hydrogen (secondary N) is 1. The van der Waals surface area contributed by atoms with Crippen LogP contribution in [0.5, 0.6) is 0 Å². The second-order valence-electron chi connectivity index (χ2n) is 5.06. The first-order valence-electron chi connectivity index (χ1n) is 6.53. The minimum Gasteiger partial charge on any atom is -0.359 e. The van der Waals surface area contributed by atoms with Crippen molar-refractivity contribution < 1.29 is 9.32 Å². The monoisotopic (exact) mass is 267 g/mol. The van der Waals surface area contributed by atoms with Crippen molar-refractivity contribution in [3.63, 3.8) is 0 Å². The zero-order valence-corrected chi connectivity index (χ0v) is 11.4. The van der Waals surface area contributed by atoms with E-state index in [1.165, 1.54) is 0 Å². The third-order valence-corrected chi connectivity index (χ3v) is 3.44. The molecule has 1 aromatic rings. The molecular formula is C12H21N5O2. The number of aromatic nitrogens is 1. The number of hydrazine groups is 1. The average molecular weight is 267 g/mol. The van der Waals surface area contributed by atoms with Crippen LogP contribution in [0, 0.1) is 0 Å². The summed E-state index contributed by atoms with van der Waals surface area (Å²) in [7, 11) is 0. The summed E-state index contributed by atoms with van der Waals surface area (Å²) in [4.78, 5) is 16.0. The van der Waals surface area contributed by atoms with E-state index in [4.69, 9.17) is 10.4 Å². The van der Waals surface area contributed by atoms with E-state index in [-0.39, 0.29) is 5.69 Å². The van der Waals surface area contributed by atoms with E-state index >= 15 is 0 Å². The molecule has 0 radical (unpaired) electrons. The van der Waals surface area contributed by atoms with Gasteiger partial charge in [-0.25, -0.2) is 5.84 Å². The maximum absolute atomic E-state index is 11.3. The molecule has 3 N–H and O–H groups in total. The highest BCUT2D eigenvalue weighted by Gasteiger charge is 2.20.